The Balaban J connectivity index is 2.14. The molecule has 1 aromatic heterocycles. The van der Waals surface area contributed by atoms with Crippen LogP contribution in [0.1, 0.15) is 16.8 Å². The fourth-order valence-electron chi connectivity index (χ4n) is 2.25. The van der Waals surface area contributed by atoms with E-state index in [2.05, 4.69) is 11.2 Å². The van der Waals surface area contributed by atoms with Crippen molar-refractivity contribution in [2.24, 2.45) is 0 Å². The van der Waals surface area contributed by atoms with Gasteiger partial charge in [-0.3, -0.25) is 0 Å². The molecular formula is C18H15N3O. The Morgan fingerprint density at radius 1 is 1.00 bits per heavy atom. The monoisotopic (exact) mass is 289 g/mol. The average Bonchev–Trinajstić information content (AvgIpc) is 2.86. The summed E-state index contributed by atoms with van der Waals surface area (Å²) in [5.74, 6) is 1.16. The fraction of sp³-hybridized carbons (Fsp3) is 0.111. The standard InChI is InChI=1S/C18H15N3O/c1-13-8-6-7-11-17(13)22-18-16(12-19)14(2)20-21(18)15-9-4-3-5-10-15/h3-11H,1-2H3. The first-order valence-corrected chi connectivity index (χ1v) is 6.99. The van der Waals surface area contributed by atoms with Gasteiger partial charge in [0.2, 0.25) is 5.88 Å². The number of ether oxygens (including phenoxy) is 1. The van der Waals surface area contributed by atoms with Gasteiger partial charge in [0.05, 0.1) is 11.4 Å². The molecule has 0 amide bonds. The molecule has 0 radical (unpaired) electrons. The van der Waals surface area contributed by atoms with E-state index in [1.165, 1.54) is 0 Å². The lowest BCUT2D eigenvalue weighted by molar-refractivity contribution is 0.440. The minimum absolute atomic E-state index is 0.445. The zero-order chi connectivity index (χ0) is 15.5. The molecule has 4 heteroatoms. The van der Waals surface area contributed by atoms with Gasteiger partial charge in [0, 0.05) is 0 Å². The van der Waals surface area contributed by atoms with Gasteiger partial charge in [-0.05, 0) is 37.6 Å². The number of nitrogens with zero attached hydrogens (tertiary/aromatic N) is 3. The number of aromatic nitrogens is 2. The minimum Gasteiger partial charge on any atom is -0.437 e. The molecule has 22 heavy (non-hydrogen) atoms. The van der Waals surface area contributed by atoms with E-state index in [-0.39, 0.29) is 0 Å². The second-order valence-corrected chi connectivity index (χ2v) is 4.99. The first-order valence-electron chi connectivity index (χ1n) is 6.99. The zero-order valence-corrected chi connectivity index (χ0v) is 12.4. The third kappa shape index (κ3) is 2.45. The molecule has 0 N–H and O–H groups in total. The van der Waals surface area contributed by atoms with Crippen LogP contribution in [0.25, 0.3) is 5.69 Å². The molecule has 4 nitrogen and oxygen atoms in total. The SMILES string of the molecule is Cc1ccccc1Oc1c(C#N)c(C)nn1-c1ccccc1. The summed E-state index contributed by atoms with van der Waals surface area (Å²) in [7, 11) is 0. The predicted molar refractivity (Wildman–Crippen MR) is 84.3 cm³/mol. The molecule has 108 valence electrons. The van der Waals surface area contributed by atoms with Crippen molar-refractivity contribution in [2.45, 2.75) is 13.8 Å². The van der Waals surface area contributed by atoms with Crippen molar-refractivity contribution < 1.29 is 4.74 Å². The van der Waals surface area contributed by atoms with Gasteiger partial charge in [-0.15, -0.1) is 0 Å². The Morgan fingerprint density at radius 3 is 2.36 bits per heavy atom. The zero-order valence-electron chi connectivity index (χ0n) is 12.4. The average molecular weight is 289 g/mol. The van der Waals surface area contributed by atoms with Gasteiger partial charge in [0.15, 0.2) is 0 Å². The summed E-state index contributed by atoms with van der Waals surface area (Å²) in [5.41, 5.74) is 2.96. The van der Waals surface area contributed by atoms with Crippen LogP contribution in [0.4, 0.5) is 0 Å². The van der Waals surface area contributed by atoms with E-state index in [0.29, 0.717) is 17.1 Å². The number of hydrogen-bond acceptors (Lipinski definition) is 3. The topological polar surface area (TPSA) is 50.8 Å². The lowest BCUT2D eigenvalue weighted by Crippen LogP contribution is -2.00. The van der Waals surface area contributed by atoms with E-state index in [9.17, 15) is 5.26 Å². The molecule has 0 spiro atoms. The molecule has 3 aromatic rings. The van der Waals surface area contributed by atoms with Gasteiger partial charge < -0.3 is 4.74 Å². The highest BCUT2D eigenvalue weighted by Crippen LogP contribution is 2.31. The third-order valence-electron chi connectivity index (χ3n) is 3.43. The van der Waals surface area contributed by atoms with Crippen molar-refractivity contribution in [1.82, 2.24) is 9.78 Å². The highest BCUT2D eigenvalue weighted by atomic mass is 16.5. The quantitative estimate of drug-likeness (QED) is 0.727. The molecule has 1 heterocycles. The number of rotatable bonds is 3. The molecule has 0 atom stereocenters. The number of para-hydroxylation sites is 2. The second-order valence-electron chi connectivity index (χ2n) is 4.99. The normalized spacial score (nSPS) is 10.2. The van der Waals surface area contributed by atoms with E-state index in [4.69, 9.17) is 4.74 Å². The molecule has 2 aromatic carbocycles. The number of nitriles is 1. The minimum atomic E-state index is 0.445. The molecule has 0 saturated carbocycles. The van der Waals surface area contributed by atoms with Crippen LogP contribution in [0.3, 0.4) is 0 Å². The van der Waals surface area contributed by atoms with Gasteiger partial charge in [-0.1, -0.05) is 36.4 Å². The van der Waals surface area contributed by atoms with Crippen molar-refractivity contribution in [1.29, 1.82) is 5.26 Å². The first-order chi connectivity index (χ1) is 10.7. The maximum atomic E-state index is 9.42. The molecular weight excluding hydrogens is 274 g/mol. The van der Waals surface area contributed by atoms with E-state index < -0.39 is 0 Å². The van der Waals surface area contributed by atoms with Crippen molar-refractivity contribution in [3.05, 3.63) is 71.4 Å². The van der Waals surface area contributed by atoms with Gasteiger partial charge in [-0.2, -0.15) is 15.0 Å². The first kappa shape index (κ1) is 13.9. The maximum Gasteiger partial charge on any atom is 0.240 e. The Morgan fingerprint density at radius 2 is 1.68 bits per heavy atom. The third-order valence-corrected chi connectivity index (χ3v) is 3.43. The van der Waals surface area contributed by atoms with Crippen LogP contribution in [-0.2, 0) is 0 Å². The predicted octanol–water partition coefficient (Wildman–Crippen LogP) is 4.15. The number of hydrogen-bond donors (Lipinski definition) is 0. The number of aryl methyl sites for hydroxylation is 2. The molecule has 0 aliphatic carbocycles. The lowest BCUT2D eigenvalue weighted by atomic mass is 10.2. The fourth-order valence-corrected chi connectivity index (χ4v) is 2.25. The lowest BCUT2D eigenvalue weighted by Gasteiger charge is -2.11. The molecule has 0 fully saturated rings. The maximum absolute atomic E-state index is 9.42. The van der Waals surface area contributed by atoms with Crippen molar-refractivity contribution >= 4 is 0 Å². The molecule has 0 aliphatic heterocycles. The van der Waals surface area contributed by atoms with Crippen LogP contribution in [0.15, 0.2) is 54.6 Å². The molecule has 0 aliphatic rings. The largest absolute Gasteiger partial charge is 0.437 e. The van der Waals surface area contributed by atoms with Gasteiger partial charge in [-0.25, -0.2) is 0 Å². The Kier molecular flexibility index (Phi) is 3.63. The molecule has 0 saturated heterocycles. The number of benzene rings is 2. The summed E-state index contributed by atoms with van der Waals surface area (Å²) in [6, 6.07) is 19.5. The summed E-state index contributed by atoms with van der Waals surface area (Å²) in [5, 5.41) is 13.9. The van der Waals surface area contributed by atoms with Crippen molar-refractivity contribution in [3.8, 4) is 23.4 Å². The van der Waals surface area contributed by atoms with E-state index >= 15 is 0 Å². The van der Waals surface area contributed by atoms with Gasteiger partial charge in [0.25, 0.3) is 0 Å². The molecule has 3 rings (SSSR count). The van der Waals surface area contributed by atoms with Gasteiger partial charge in [0.1, 0.15) is 17.4 Å². The highest BCUT2D eigenvalue weighted by molar-refractivity contribution is 5.49. The van der Waals surface area contributed by atoms with Crippen LogP contribution in [-0.4, -0.2) is 9.78 Å². The van der Waals surface area contributed by atoms with Gasteiger partial charge >= 0.3 is 0 Å². The smallest absolute Gasteiger partial charge is 0.240 e. The van der Waals surface area contributed by atoms with Crippen molar-refractivity contribution in [3.63, 3.8) is 0 Å². The van der Waals surface area contributed by atoms with Crippen LogP contribution >= 0.6 is 0 Å². The summed E-state index contributed by atoms with van der Waals surface area (Å²) >= 11 is 0. The summed E-state index contributed by atoms with van der Waals surface area (Å²) < 4.78 is 7.68. The van der Waals surface area contributed by atoms with Crippen molar-refractivity contribution in [2.75, 3.05) is 0 Å². The van der Waals surface area contributed by atoms with Crippen LogP contribution in [0.2, 0.25) is 0 Å². The second kappa shape index (κ2) is 5.74. The van der Waals surface area contributed by atoms with E-state index in [1.54, 1.807) is 4.68 Å². The van der Waals surface area contributed by atoms with E-state index in [0.717, 1.165) is 17.0 Å². The summed E-state index contributed by atoms with van der Waals surface area (Å²) in [6.45, 7) is 3.78. The summed E-state index contributed by atoms with van der Waals surface area (Å²) in [6.07, 6.45) is 0. The van der Waals surface area contributed by atoms with Crippen LogP contribution in [0.5, 0.6) is 11.6 Å². The Bertz CT molecular complexity index is 845. The Labute approximate surface area is 129 Å². The highest BCUT2D eigenvalue weighted by Gasteiger charge is 2.19. The van der Waals surface area contributed by atoms with Crippen LogP contribution in [0, 0.1) is 25.2 Å². The Hall–Kier alpha value is -3.06. The summed E-state index contributed by atoms with van der Waals surface area (Å²) in [4.78, 5) is 0. The molecule has 0 unspecified atom stereocenters. The van der Waals surface area contributed by atoms with E-state index in [1.807, 2.05) is 68.4 Å². The molecule has 0 bridgehead atoms. The van der Waals surface area contributed by atoms with Crippen LogP contribution < -0.4 is 4.74 Å².